The fourth-order valence-corrected chi connectivity index (χ4v) is 3.95. The van der Waals surface area contributed by atoms with Crippen molar-refractivity contribution < 1.29 is 37.8 Å². The van der Waals surface area contributed by atoms with Crippen LogP contribution in [0.5, 0.6) is 28.7 Å². The summed E-state index contributed by atoms with van der Waals surface area (Å²) in [6, 6.07) is 10.0. The molecular weight excluding hydrogens is 433 g/mol. The Kier molecular flexibility index (Phi) is 6.52. The van der Waals surface area contributed by atoms with Crippen LogP contribution in [0, 0.1) is 0 Å². The van der Waals surface area contributed by atoms with Crippen molar-refractivity contribution in [2.45, 2.75) is 0 Å². The molecule has 1 heterocycles. The third-order valence-electron chi connectivity index (χ3n) is 4.14. The van der Waals surface area contributed by atoms with Crippen LogP contribution in [0.1, 0.15) is 0 Å². The summed E-state index contributed by atoms with van der Waals surface area (Å²) in [7, 11) is 1.26. The number of nitrogens with zero attached hydrogens (tertiary/aromatic N) is 1. The van der Waals surface area contributed by atoms with Gasteiger partial charge in [-0.2, -0.15) is 4.37 Å². The molecule has 9 nitrogen and oxygen atoms in total. The highest BCUT2D eigenvalue weighted by molar-refractivity contribution is 7.46. The van der Waals surface area contributed by atoms with Crippen molar-refractivity contribution in [1.29, 1.82) is 0 Å². The Morgan fingerprint density at radius 1 is 0.867 bits per heavy atom. The van der Waals surface area contributed by atoms with Gasteiger partial charge in [0.25, 0.3) is 0 Å². The SMILES string of the molecule is COc1ccc(-c2cc(-c3cc(OC)c(OC)c(OC)c3)sn2)c(OP(=O)(O)O)c1. The topological polar surface area (TPSA) is 117 Å². The molecule has 0 fully saturated rings. The molecule has 11 heteroatoms. The molecule has 30 heavy (non-hydrogen) atoms. The van der Waals surface area contributed by atoms with E-state index in [4.69, 9.17) is 23.5 Å². The van der Waals surface area contributed by atoms with Gasteiger partial charge >= 0.3 is 7.82 Å². The largest absolute Gasteiger partial charge is 0.524 e. The lowest BCUT2D eigenvalue weighted by molar-refractivity contribution is 0.283. The predicted octanol–water partition coefficient (Wildman–Crippen LogP) is 3.98. The molecule has 0 saturated heterocycles. The molecule has 0 atom stereocenters. The zero-order valence-corrected chi connectivity index (χ0v) is 18.3. The van der Waals surface area contributed by atoms with Crippen molar-refractivity contribution in [2.24, 2.45) is 0 Å². The van der Waals surface area contributed by atoms with Gasteiger partial charge in [0.2, 0.25) is 5.75 Å². The maximum atomic E-state index is 11.4. The lowest BCUT2D eigenvalue weighted by Crippen LogP contribution is -1.95. The molecule has 2 aromatic carbocycles. The van der Waals surface area contributed by atoms with E-state index < -0.39 is 7.82 Å². The first kappa shape index (κ1) is 21.9. The average molecular weight is 453 g/mol. The van der Waals surface area contributed by atoms with Crippen molar-refractivity contribution in [3.63, 3.8) is 0 Å². The number of phosphoric ester groups is 1. The predicted molar refractivity (Wildman–Crippen MR) is 112 cm³/mol. The molecule has 0 aliphatic heterocycles. The third kappa shape index (κ3) is 4.68. The second kappa shape index (κ2) is 8.93. The van der Waals surface area contributed by atoms with Crippen molar-refractivity contribution >= 4 is 19.4 Å². The van der Waals surface area contributed by atoms with E-state index in [1.165, 1.54) is 46.0 Å². The first-order chi connectivity index (χ1) is 14.3. The Hall–Kier alpha value is -2.78. The van der Waals surface area contributed by atoms with Gasteiger partial charge in [0, 0.05) is 17.2 Å². The molecule has 160 valence electrons. The van der Waals surface area contributed by atoms with Crippen LogP contribution in [0.15, 0.2) is 36.4 Å². The normalized spacial score (nSPS) is 11.1. The molecule has 0 aliphatic rings. The van der Waals surface area contributed by atoms with Gasteiger partial charge in [-0.25, -0.2) is 4.57 Å². The maximum Gasteiger partial charge on any atom is 0.524 e. The highest BCUT2D eigenvalue weighted by atomic mass is 32.1. The average Bonchev–Trinajstić information content (AvgIpc) is 3.21. The Morgan fingerprint density at radius 2 is 1.53 bits per heavy atom. The van der Waals surface area contributed by atoms with E-state index in [1.807, 2.05) is 0 Å². The third-order valence-corrected chi connectivity index (χ3v) is 5.41. The monoisotopic (exact) mass is 453 g/mol. The van der Waals surface area contributed by atoms with Crippen molar-refractivity contribution in [1.82, 2.24) is 4.37 Å². The van der Waals surface area contributed by atoms with Crippen LogP contribution < -0.4 is 23.5 Å². The van der Waals surface area contributed by atoms with Gasteiger partial charge in [0.1, 0.15) is 11.5 Å². The van der Waals surface area contributed by atoms with Gasteiger partial charge in [-0.1, -0.05) is 0 Å². The zero-order chi connectivity index (χ0) is 21.9. The molecule has 3 rings (SSSR count). The summed E-state index contributed by atoms with van der Waals surface area (Å²) in [6.07, 6.45) is 0. The molecule has 2 N–H and O–H groups in total. The van der Waals surface area contributed by atoms with E-state index >= 15 is 0 Å². The summed E-state index contributed by atoms with van der Waals surface area (Å²) in [4.78, 5) is 19.3. The number of hydrogen-bond donors (Lipinski definition) is 2. The Balaban J connectivity index is 2.06. The van der Waals surface area contributed by atoms with Crippen molar-refractivity contribution in [3.8, 4) is 50.4 Å². The summed E-state index contributed by atoms with van der Waals surface area (Å²) in [6.45, 7) is 0. The molecule has 3 aromatic rings. The number of benzene rings is 2. The Bertz CT molecular complexity index is 1070. The standard InChI is InChI=1S/C19H20NO8PS/c1-24-12-5-6-13(15(9-12)28-29(21,22)23)14-10-18(30-20-14)11-7-16(25-2)19(27-4)17(8-11)26-3/h5-10H,1-4H3,(H2,21,22,23). The van der Waals surface area contributed by atoms with E-state index in [1.54, 1.807) is 30.3 Å². The summed E-state index contributed by atoms with van der Waals surface area (Å²) < 4.78 is 41.9. The van der Waals surface area contributed by atoms with Crippen LogP contribution in [-0.2, 0) is 4.57 Å². The summed E-state index contributed by atoms with van der Waals surface area (Å²) in [5, 5.41) is 0. The zero-order valence-electron chi connectivity index (χ0n) is 16.6. The number of rotatable bonds is 8. The molecule has 0 unspecified atom stereocenters. The van der Waals surface area contributed by atoms with Gasteiger partial charge in [-0.05, 0) is 41.9 Å². The van der Waals surface area contributed by atoms with Crippen molar-refractivity contribution in [2.75, 3.05) is 28.4 Å². The smallest absolute Gasteiger partial charge is 0.497 e. The number of phosphoric acid groups is 1. The number of hydrogen-bond acceptors (Lipinski definition) is 8. The first-order valence-electron chi connectivity index (χ1n) is 8.50. The van der Waals surface area contributed by atoms with Crippen LogP contribution in [0.3, 0.4) is 0 Å². The quantitative estimate of drug-likeness (QED) is 0.489. The highest BCUT2D eigenvalue weighted by Gasteiger charge is 2.22. The minimum atomic E-state index is -4.77. The first-order valence-corrected chi connectivity index (χ1v) is 10.8. The fraction of sp³-hybridized carbons (Fsp3) is 0.211. The highest BCUT2D eigenvalue weighted by Crippen LogP contribution is 2.46. The van der Waals surface area contributed by atoms with E-state index in [9.17, 15) is 14.4 Å². The summed E-state index contributed by atoms with van der Waals surface area (Å²) in [5.41, 5.74) is 1.67. The van der Waals surface area contributed by atoms with Gasteiger partial charge < -0.3 is 23.5 Å². The second-order valence-electron chi connectivity index (χ2n) is 5.93. The maximum absolute atomic E-state index is 11.4. The molecular formula is C19H20NO8PS. The minimum absolute atomic E-state index is 0.0376. The second-order valence-corrected chi connectivity index (χ2v) is 7.90. The van der Waals surface area contributed by atoms with Gasteiger partial charge in [0.15, 0.2) is 11.5 Å². The van der Waals surface area contributed by atoms with Crippen molar-refractivity contribution in [3.05, 3.63) is 36.4 Å². The van der Waals surface area contributed by atoms with Gasteiger partial charge in [0.05, 0.1) is 39.0 Å². The van der Waals surface area contributed by atoms with Crippen LogP contribution >= 0.6 is 19.4 Å². The number of aromatic nitrogens is 1. The van der Waals surface area contributed by atoms with E-state index in [-0.39, 0.29) is 5.75 Å². The molecule has 0 bridgehead atoms. The molecule has 0 saturated carbocycles. The number of ether oxygens (including phenoxy) is 4. The lowest BCUT2D eigenvalue weighted by atomic mass is 10.1. The van der Waals surface area contributed by atoms with E-state index in [0.717, 1.165) is 10.4 Å². The van der Waals surface area contributed by atoms with Gasteiger partial charge in [-0.3, -0.25) is 9.79 Å². The van der Waals surface area contributed by atoms with Gasteiger partial charge in [-0.15, -0.1) is 0 Å². The van der Waals surface area contributed by atoms with Crippen LogP contribution in [0.2, 0.25) is 0 Å². The fourth-order valence-electron chi connectivity index (χ4n) is 2.81. The van der Waals surface area contributed by atoms with E-state index in [2.05, 4.69) is 4.37 Å². The minimum Gasteiger partial charge on any atom is -0.497 e. The molecule has 1 aromatic heterocycles. The lowest BCUT2D eigenvalue weighted by Gasteiger charge is -2.13. The van der Waals surface area contributed by atoms with Crippen LogP contribution in [0.4, 0.5) is 0 Å². The van der Waals surface area contributed by atoms with Crippen LogP contribution in [0.25, 0.3) is 21.7 Å². The Labute approximate surface area is 177 Å². The molecule has 0 aliphatic carbocycles. The molecule has 0 amide bonds. The molecule has 0 radical (unpaired) electrons. The molecule has 0 spiro atoms. The Morgan fingerprint density at radius 3 is 2.07 bits per heavy atom. The van der Waals surface area contributed by atoms with Crippen LogP contribution in [-0.4, -0.2) is 42.6 Å². The summed E-state index contributed by atoms with van der Waals surface area (Å²) >= 11 is 1.20. The van der Waals surface area contributed by atoms with E-state index in [0.29, 0.717) is 34.3 Å². The number of methoxy groups -OCH3 is 4. The summed E-state index contributed by atoms with van der Waals surface area (Å²) in [5.74, 6) is 1.82.